The van der Waals surface area contributed by atoms with Crippen molar-refractivity contribution >= 4 is 17.5 Å². The van der Waals surface area contributed by atoms with Gasteiger partial charge in [-0.25, -0.2) is 0 Å². The molecule has 1 saturated heterocycles. The minimum Gasteiger partial charge on any atom is -0.333 e. The van der Waals surface area contributed by atoms with Crippen LogP contribution >= 0.6 is 0 Å². The molecular weight excluding hydrogens is 290 g/mol. The molecule has 23 heavy (non-hydrogen) atoms. The van der Waals surface area contributed by atoms with Crippen molar-refractivity contribution < 1.29 is 9.59 Å². The smallest absolute Gasteiger partial charge is 0.244 e. The normalized spacial score (nSPS) is 15.6. The van der Waals surface area contributed by atoms with Crippen LogP contribution in [-0.4, -0.2) is 42.9 Å². The third kappa shape index (κ3) is 4.55. The third-order valence-corrected chi connectivity index (χ3v) is 4.47. The van der Waals surface area contributed by atoms with Crippen LogP contribution in [-0.2, 0) is 9.59 Å². The van der Waals surface area contributed by atoms with E-state index in [1.165, 1.54) is 0 Å². The number of amides is 2. The lowest BCUT2D eigenvalue weighted by molar-refractivity contribution is -0.140. The molecule has 1 unspecified atom stereocenters. The van der Waals surface area contributed by atoms with Crippen LogP contribution in [0.25, 0.3) is 0 Å². The first kappa shape index (κ1) is 17.5. The van der Waals surface area contributed by atoms with Gasteiger partial charge in [0.15, 0.2) is 0 Å². The topological polar surface area (TPSA) is 61.4 Å². The lowest BCUT2D eigenvalue weighted by atomic mass is 9.88. The van der Waals surface area contributed by atoms with Gasteiger partial charge in [0.05, 0.1) is 6.54 Å². The maximum Gasteiger partial charge on any atom is 0.244 e. The van der Waals surface area contributed by atoms with Crippen LogP contribution in [0, 0.1) is 18.8 Å². The molecule has 0 aliphatic carbocycles. The van der Waals surface area contributed by atoms with E-state index in [2.05, 4.69) is 10.6 Å². The van der Waals surface area contributed by atoms with E-state index in [1.54, 1.807) is 4.90 Å². The van der Waals surface area contributed by atoms with Crippen molar-refractivity contribution in [1.29, 1.82) is 0 Å². The van der Waals surface area contributed by atoms with Gasteiger partial charge in [-0.2, -0.15) is 0 Å². The number of rotatable bonds is 7. The second-order valence-corrected chi connectivity index (χ2v) is 6.33. The van der Waals surface area contributed by atoms with E-state index >= 15 is 0 Å². The molecule has 1 aromatic carbocycles. The van der Waals surface area contributed by atoms with Crippen molar-refractivity contribution in [2.24, 2.45) is 11.8 Å². The third-order valence-electron chi connectivity index (χ3n) is 4.47. The summed E-state index contributed by atoms with van der Waals surface area (Å²) < 4.78 is 0. The summed E-state index contributed by atoms with van der Waals surface area (Å²) in [5.41, 5.74) is 1.82. The number of aryl methyl sites for hydroxylation is 1. The minimum atomic E-state index is -0.139. The summed E-state index contributed by atoms with van der Waals surface area (Å²) in [7, 11) is 0. The summed E-state index contributed by atoms with van der Waals surface area (Å²) in [6.07, 6.45) is 0.846. The molecule has 0 aromatic heterocycles. The molecule has 2 amide bonds. The Balaban J connectivity index is 1.96. The predicted molar refractivity (Wildman–Crippen MR) is 92.2 cm³/mol. The number of nitrogens with one attached hydrogen (secondary N) is 2. The zero-order chi connectivity index (χ0) is 16.8. The highest BCUT2D eigenvalue weighted by Gasteiger charge is 2.32. The Morgan fingerprint density at radius 2 is 2.04 bits per heavy atom. The van der Waals surface area contributed by atoms with Gasteiger partial charge in [-0.15, -0.1) is 0 Å². The van der Waals surface area contributed by atoms with Crippen molar-refractivity contribution in [3.05, 3.63) is 29.8 Å². The summed E-state index contributed by atoms with van der Waals surface area (Å²) in [6, 6.07) is 7.66. The Hall–Kier alpha value is -1.88. The fourth-order valence-electron chi connectivity index (χ4n) is 2.77. The maximum absolute atomic E-state index is 12.6. The van der Waals surface area contributed by atoms with Crippen molar-refractivity contribution in [3.8, 4) is 0 Å². The van der Waals surface area contributed by atoms with Crippen molar-refractivity contribution in [2.75, 3.05) is 31.5 Å². The standard InChI is InChI=1S/C18H27N3O2/c1-4-9-21(18(23)14(3)15-10-19-11-15)12-17(22)20-16-8-6-5-7-13(16)2/h5-8,14-15,19H,4,9-12H2,1-3H3,(H,20,22). The highest BCUT2D eigenvalue weighted by Crippen LogP contribution is 2.19. The van der Waals surface area contributed by atoms with Crippen LogP contribution in [0.2, 0.25) is 0 Å². The second-order valence-electron chi connectivity index (χ2n) is 6.33. The summed E-state index contributed by atoms with van der Waals surface area (Å²) in [4.78, 5) is 26.6. The Labute approximate surface area is 138 Å². The number of carbonyl (C=O) groups excluding carboxylic acids is 2. The first-order chi connectivity index (χ1) is 11.0. The quantitative estimate of drug-likeness (QED) is 0.809. The first-order valence-electron chi connectivity index (χ1n) is 8.38. The molecule has 0 bridgehead atoms. The number of carbonyl (C=O) groups is 2. The zero-order valence-corrected chi connectivity index (χ0v) is 14.3. The molecule has 0 radical (unpaired) electrons. The molecule has 1 heterocycles. The van der Waals surface area contributed by atoms with Crippen LogP contribution in [0.5, 0.6) is 0 Å². The highest BCUT2D eigenvalue weighted by atomic mass is 16.2. The van der Waals surface area contributed by atoms with E-state index in [0.717, 1.165) is 30.8 Å². The lowest BCUT2D eigenvalue weighted by Gasteiger charge is -2.34. The summed E-state index contributed by atoms with van der Waals surface area (Å²) in [6.45, 7) is 8.46. The molecule has 1 fully saturated rings. The Kier molecular flexibility index (Phi) is 6.16. The van der Waals surface area contributed by atoms with E-state index in [0.29, 0.717) is 12.5 Å². The van der Waals surface area contributed by atoms with Gasteiger partial charge in [0.2, 0.25) is 11.8 Å². The SMILES string of the molecule is CCCN(CC(=O)Nc1ccccc1C)C(=O)C(C)C1CNC1. The van der Waals surface area contributed by atoms with E-state index in [9.17, 15) is 9.59 Å². The van der Waals surface area contributed by atoms with Crippen LogP contribution < -0.4 is 10.6 Å². The number of hydrogen-bond donors (Lipinski definition) is 2. The average Bonchev–Trinajstić information content (AvgIpc) is 2.46. The molecule has 2 N–H and O–H groups in total. The van der Waals surface area contributed by atoms with E-state index in [4.69, 9.17) is 0 Å². The number of nitrogens with zero attached hydrogens (tertiary/aromatic N) is 1. The predicted octanol–water partition coefficient (Wildman–Crippen LogP) is 2.03. The van der Waals surface area contributed by atoms with E-state index in [1.807, 2.05) is 45.0 Å². The van der Waals surface area contributed by atoms with Gasteiger partial charge in [0.25, 0.3) is 0 Å². The Morgan fingerprint density at radius 3 is 2.61 bits per heavy atom. The molecule has 0 saturated carbocycles. The van der Waals surface area contributed by atoms with E-state index in [-0.39, 0.29) is 24.3 Å². The van der Waals surface area contributed by atoms with Crippen LogP contribution in [0.15, 0.2) is 24.3 Å². The van der Waals surface area contributed by atoms with Crippen LogP contribution in [0.1, 0.15) is 25.8 Å². The fourth-order valence-corrected chi connectivity index (χ4v) is 2.77. The zero-order valence-electron chi connectivity index (χ0n) is 14.3. The molecule has 1 aromatic rings. The molecule has 1 aliphatic heterocycles. The van der Waals surface area contributed by atoms with Crippen LogP contribution in [0.4, 0.5) is 5.69 Å². The molecule has 1 aliphatic rings. The molecule has 0 spiro atoms. The monoisotopic (exact) mass is 317 g/mol. The van der Waals surface area contributed by atoms with Gasteiger partial charge >= 0.3 is 0 Å². The molecular formula is C18H27N3O2. The Morgan fingerprint density at radius 1 is 1.35 bits per heavy atom. The average molecular weight is 317 g/mol. The number of hydrogen-bond acceptors (Lipinski definition) is 3. The Bertz CT molecular complexity index is 555. The van der Waals surface area contributed by atoms with Crippen molar-refractivity contribution in [3.63, 3.8) is 0 Å². The minimum absolute atomic E-state index is 0.0333. The van der Waals surface area contributed by atoms with Gasteiger partial charge in [0, 0.05) is 18.2 Å². The van der Waals surface area contributed by atoms with Crippen LogP contribution in [0.3, 0.4) is 0 Å². The highest BCUT2D eigenvalue weighted by molar-refractivity contribution is 5.95. The summed E-state index contributed by atoms with van der Waals surface area (Å²) in [5.74, 6) is 0.300. The van der Waals surface area contributed by atoms with Gasteiger partial charge in [-0.05, 0) is 44.0 Å². The largest absolute Gasteiger partial charge is 0.333 e. The molecule has 5 heteroatoms. The number of para-hydroxylation sites is 1. The molecule has 2 rings (SSSR count). The van der Waals surface area contributed by atoms with Crippen molar-refractivity contribution in [1.82, 2.24) is 10.2 Å². The maximum atomic E-state index is 12.6. The first-order valence-corrected chi connectivity index (χ1v) is 8.38. The summed E-state index contributed by atoms with van der Waals surface area (Å²) in [5, 5.41) is 6.10. The fraction of sp³-hybridized carbons (Fsp3) is 0.556. The van der Waals surface area contributed by atoms with Gasteiger partial charge in [0.1, 0.15) is 0 Å². The molecule has 5 nitrogen and oxygen atoms in total. The number of anilines is 1. The van der Waals surface area contributed by atoms with E-state index < -0.39 is 0 Å². The molecule has 126 valence electrons. The molecule has 1 atom stereocenters. The lowest BCUT2D eigenvalue weighted by Crippen LogP contribution is -2.51. The number of benzene rings is 1. The van der Waals surface area contributed by atoms with Crippen molar-refractivity contribution in [2.45, 2.75) is 27.2 Å². The van der Waals surface area contributed by atoms with Gasteiger partial charge in [-0.3, -0.25) is 9.59 Å². The summed E-state index contributed by atoms with van der Waals surface area (Å²) >= 11 is 0. The second kappa shape index (κ2) is 8.11. The van der Waals surface area contributed by atoms with Gasteiger partial charge in [-0.1, -0.05) is 32.0 Å². The van der Waals surface area contributed by atoms with Gasteiger partial charge < -0.3 is 15.5 Å².